The van der Waals surface area contributed by atoms with Gasteiger partial charge in [0.2, 0.25) is 5.91 Å². The molecule has 2 heterocycles. The Hall–Kier alpha value is -2.79. The SMILES string of the molecule is O=C(Cc1cc(Cl)ccc1O)NC1=CCN(Cc2ccccn2)C=C1. The number of halogens is 1. The predicted molar refractivity (Wildman–Crippen MR) is 96.8 cm³/mol. The Morgan fingerprint density at radius 3 is 2.92 bits per heavy atom. The quantitative estimate of drug-likeness (QED) is 0.865. The monoisotopic (exact) mass is 355 g/mol. The lowest BCUT2D eigenvalue weighted by Crippen LogP contribution is -2.28. The van der Waals surface area contributed by atoms with Gasteiger partial charge in [-0.3, -0.25) is 9.78 Å². The number of benzene rings is 1. The van der Waals surface area contributed by atoms with Crippen LogP contribution in [0.25, 0.3) is 0 Å². The van der Waals surface area contributed by atoms with E-state index in [0.29, 0.717) is 23.7 Å². The number of hydrogen-bond acceptors (Lipinski definition) is 4. The first kappa shape index (κ1) is 17.0. The molecule has 128 valence electrons. The number of nitrogens with zero attached hydrogens (tertiary/aromatic N) is 2. The molecule has 5 nitrogen and oxygen atoms in total. The van der Waals surface area contributed by atoms with E-state index >= 15 is 0 Å². The van der Waals surface area contributed by atoms with Crippen LogP contribution in [0.1, 0.15) is 11.3 Å². The van der Waals surface area contributed by atoms with Crippen molar-refractivity contribution in [1.29, 1.82) is 0 Å². The molecule has 1 aliphatic heterocycles. The number of carbonyl (C=O) groups is 1. The molecular formula is C19H18ClN3O2. The van der Waals surface area contributed by atoms with E-state index in [-0.39, 0.29) is 18.1 Å². The van der Waals surface area contributed by atoms with E-state index in [1.54, 1.807) is 18.3 Å². The summed E-state index contributed by atoms with van der Waals surface area (Å²) in [4.78, 5) is 18.6. The molecule has 2 aromatic rings. The van der Waals surface area contributed by atoms with Crippen LogP contribution in [0.3, 0.4) is 0 Å². The highest BCUT2D eigenvalue weighted by Gasteiger charge is 2.11. The second kappa shape index (κ2) is 7.85. The molecule has 3 rings (SSSR count). The van der Waals surface area contributed by atoms with Crippen molar-refractivity contribution in [2.75, 3.05) is 6.54 Å². The first-order chi connectivity index (χ1) is 12.1. The summed E-state index contributed by atoms with van der Waals surface area (Å²) in [6.45, 7) is 1.40. The molecule has 0 aliphatic carbocycles. The average Bonchev–Trinajstić information content (AvgIpc) is 2.61. The van der Waals surface area contributed by atoms with Crippen LogP contribution >= 0.6 is 11.6 Å². The van der Waals surface area contributed by atoms with Crippen molar-refractivity contribution in [1.82, 2.24) is 15.2 Å². The summed E-state index contributed by atoms with van der Waals surface area (Å²) >= 11 is 5.90. The minimum Gasteiger partial charge on any atom is -0.508 e. The number of hydrogen-bond donors (Lipinski definition) is 2. The van der Waals surface area contributed by atoms with E-state index in [9.17, 15) is 9.90 Å². The highest BCUT2D eigenvalue weighted by atomic mass is 35.5. The van der Waals surface area contributed by atoms with Crippen molar-refractivity contribution >= 4 is 17.5 Å². The lowest BCUT2D eigenvalue weighted by molar-refractivity contribution is -0.119. The van der Waals surface area contributed by atoms with E-state index in [1.807, 2.05) is 36.6 Å². The standard InChI is InChI=1S/C19H18ClN3O2/c20-15-4-5-18(24)14(11-15)12-19(25)22-16-6-9-23(10-7-16)13-17-3-1-2-8-21-17/h1-9,11,24H,10,12-13H2,(H,22,25). The zero-order chi connectivity index (χ0) is 17.6. The lowest BCUT2D eigenvalue weighted by atomic mass is 10.1. The molecule has 25 heavy (non-hydrogen) atoms. The Bertz CT molecular complexity index is 819. The molecule has 1 aliphatic rings. The molecule has 0 spiro atoms. The third-order valence-corrected chi connectivity index (χ3v) is 4.01. The lowest BCUT2D eigenvalue weighted by Gasteiger charge is -2.22. The van der Waals surface area contributed by atoms with Gasteiger partial charge in [0.15, 0.2) is 0 Å². The molecule has 0 bridgehead atoms. The molecular weight excluding hydrogens is 338 g/mol. The molecule has 0 radical (unpaired) electrons. The largest absolute Gasteiger partial charge is 0.508 e. The number of amides is 1. The van der Waals surface area contributed by atoms with E-state index in [0.717, 1.165) is 11.4 Å². The maximum Gasteiger partial charge on any atom is 0.228 e. The van der Waals surface area contributed by atoms with Crippen LogP contribution < -0.4 is 5.32 Å². The highest BCUT2D eigenvalue weighted by molar-refractivity contribution is 6.30. The summed E-state index contributed by atoms with van der Waals surface area (Å²) in [5.41, 5.74) is 2.23. The smallest absolute Gasteiger partial charge is 0.228 e. The zero-order valence-electron chi connectivity index (χ0n) is 13.5. The number of aromatic nitrogens is 1. The minimum atomic E-state index is -0.202. The summed E-state index contributed by atoms with van der Waals surface area (Å²) in [6.07, 6.45) is 7.56. The zero-order valence-corrected chi connectivity index (χ0v) is 14.3. The maximum atomic E-state index is 12.2. The first-order valence-electron chi connectivity index (χ1n) is 7.90. The van der Waals surface area contributed by atoms with Crippen molar-refractivity contribution in [2.24, 2.45) is 0 Å². The Balaban J connectivity index is 1.53. The Labute approximate surface area is 151 Å². The molecule has 0 unspecified atom stereocenters. The summed E-state index contributed by atoms with van der Waals surface area (Å²) in [6, 6.07) is 10.5. The summed E-state index contributed by atoms with van der Waals surface area (Å²) in [7, 11) is 0. The average molecular weight is 356 g/mol. The Kier molecular flexibility index (Phi) is 5.36. The summed E-state index contributed by atoms with van der Waals surface area (Å²) in [5, 5.41) is 13.1. The second-order valence-corrected chi connectivity index (χ2v) is 6.16. The van der Waals surface area contributed by atoms with Crippen molar-refractivity contribution < 1.29 is 9.90 Å². The Morgan fingerprint density at radius 1 is 1.32 bits per heavy atom. The number of aromatic hydroxyl groups is 1. The minimum absolute atomic E-state index is 0.0641. The number of allylic oxidation sites excluding steroid dienone is 1. The van der Waals surface area contributed by atoms with Crippen molar-refractivity contribution in [3.05, 3.63) is 82.9 Å². The van der Waals surface area contributed by atoms with Crippen LogP contribution in [-0.4, -0.2) is 27.4 Å². The fourth-order valence-electron chi connectivity index (χ4n) is 2.51. The molecule has 6 heteroatoms. The van der Waals surface area contributed by atoms with Gasteiger partial charge in [-0.2, -0.15) is 0 Å². The number of pyridine rings is 1. The van der Waals surface area contributed by atoms with Gasteiger partial charge in [0.1, 0.15) is 5.75 Å². The predicted octanol–water partition coefficient (Wildman–Crippen LogP) is 3.01. The van der Waals surface area contributed by atoms with Crippen LogP contribution in [0.4, 0.5) is 0 Å². The van der Waals surface area contributed by atoms with E-state index in [2.05, 4.69) is 15.2 Å². The molecule has 0 saturated carbocycles. The van der Waals surface area contributed by atoms with E-state index in [4.69, 9.17) is 11.6 Å². The topological polar surface area (TPSA) is 65.5 Å². The highest BCUT2D eigenvalue weighted by Crippen LogP contribution is 2.22. The van der Waals surface area contributed by atoms with Crippen LogP contribution in [0.5, 0.6) is 5.75 Å². The fourth-order valence-corrected chi connectivity index (χ4v) is 2.71. The van der Waals surface area contributed by atoms with Crippen molar-refractivity contribution in [3.8, 4) is 5.75 Å². The van der Waals surface area contributed by atoms with E-state index < -0.39 is 0 Å². The fraction of sp³-hybridized carbons (Fsp3) is 0.158. The number of phenols is 1. The second-order valence-electron chi connectivity index (χ2n) is 5.72. The van der Waals surface area contributed by atoms with Crippen LogP contribution in [0, 0.1) is 0 Å². The number of nitrogens with one attached hydrogen (secondary N) is 1. The van der Waals surface area contributed by atoms with Gasteiger partial charge >= 0.3 is 0 Å². The van der Waals surface area contributed by atoms with Gasteiger partial charge in [0.05, 0.1) is 18.7 Å². The molecule has 1 aromatic carbocycles. The molecule has 2 N–H and O–H groups in total. The third-order valence-electron chi connectivity index (χ3n) is 3.78. The van der Waals surface area contributed by atoms with Gasteiger partial charge < -0.3 is 15.3 Å². The summed E-state index contributed by atoms with van der Waals surface area (Å²) in [5.74, 6) is -0.138. The van der Waals surface area contributed by atoms with Gasteiger partial charge in [-0.1, -0.05) is 17.7 Å². The molecule has 0 atom stereocenters. The van der Waals surface area contributed by atoms with E-state index in [1.165, 1.54) is 6.07 Å². The number of phenolic OH excluding ortho intramolecular Hbond substituents is 1. The third kappa shape index (κ3) is 4.84. The molecule has 0 saturated heterocycles. The molecule has 1 amide bonds. The van der Waals surface area contributed by atoms with Gasteiger partial charge in [0, 0.05) is 35.2 Å². The molecule has 0 fully saturated rings. The van der Waals surface area contributed by atoms with Crippen LogP contribution in [-0.2, 0) is 17.8 Å². The first-order valence-corrected chi connectivity index (χ1v) is 8.27. The van der Waals surface area contributed by atoms with Crippen LogP contribution in [0.2, 0.25) is 5.02 Å². The van der Waals surface area contributed by atoms with Gasteiger partial charge in [0.25, 0.3) is 0 Å². The van der Waals surface area contributed by atoms with Gasteiger partial charge in [-0.05, 0) is 42.5 Å². The van der Waals surface area contributed by atoms with Crippen molar-refractivity contribution in [3.63, 3.8) is 0 Å². The molecule has 1 aromatic heterocycles. The number of rotatable bonds is 5. The van der Waals surface area contributed by atoms with Crippen molar-refractivity contribution in [2.45, 2.75) is 13.0 Å². The Morgan fingerprint density at radius 2 is 2.20 bits per heavy atom. The van der Waals surface area contributed by atoms with Gasteiger partial charge in [-0.15, -0.1) is 0 Å². The number of carbonyl (C=O) groups excluding carboxylic acids is 1. The summed E-state index contributed by atoms with van der Waals surface area (Å²) < 4.78 is 0. The van der Waals surface area contributed by atoms with Gasteiger partial charge in [-0.25, -0.2) is 0 Å². The maximum absolute atomic E-state index is 12.2. The van der Waals surface area contributed by atoms with Crippen LogP contribution in [0.15, 0.2) is 66.6 Å². The normalized spacial score (nSPS) is 13.5.